The van der Waals surface area contributed by atoms with Gasteiger partial charge in [-0.05, 0) is 0 Å². The van der Waals surface area contributed by atoms with Gasteiger partial charge in [-0.2, -0.15) is 13.2 Å². The van der Waals surface area contributed by atoms with Crippen LogP contribution in [0.15, 0.2) is 0 Å². The van der Waals surface area contributed by atoms with Crippen molar-refractivity contribution in [2.45, 2.75) is 6.68 Å². The summed E-state index contributed by atoms with van der Waals surface area (Å²) in [4.78, 5) is 0. The molecule has 0 bridgehead atoms. The maximum Gasteiger partial charge on any atom is 0.379 e. The van der Waals surface area contributed by atoms with Crippen molar-refractivity contribution in [1.82, 2.24) is 0 Å². The van der Waals surface area contributed by atoms with E-state index in [1.165, 1.54) is 0 Å². The summed E-state index contributed by atoms with van der Waals surface area (Å²) in [5.41, 5.74) is 0. The second kappa shape index (κ2) is 4.43. The first kappa shape index (κ1) is 9.06. The first-order chi connectivity index (χ1) is 1.73. The van der Waals surface area contributed by atoms with Gasteiger partial charge in [-0.3, -0.25) is 0 Å². The smallest absolute Gasteiger partial charge is 0.174 e. The Kier molecular flexibility index (Phi) is 8.02. The van der Waals surface area contributed by atoms with E-state index in [0.717, 1.165) is 0 Å². The molecule has 0 nitrogen and oxygen atoms in total. The Labute approximate surface area is 40.4 Å². The van der Waals surface area contributed by atoms with Crippen LogP contribution in [0.2, 0.25) is 0 Å². The second-order valence-corrected chi connectivity index (χ2v) is 0.247. The van der Waals surface area contributed by atoms with Crippen molar-refractivity contribution in [3.8, 4) is 0 Å². The van der Waals surface area contributed by atoms with E-state index in [2.05, 4.69) is 0 Å². The number of alkyl halides is 3. The van der Waals surface area contributed by atoms with Crippen LogP contribution in [0.1, 0.15) is 0 Å². The van der Waals surface area contributed by atoms with Crippen LogP contribution in [-0.2, 0) is 19.8 Å². The van der Waals surface area contributed by atoms with Crippen LogP contribution in [-0.4, -0.2) is 6.68 Å². The van der Waals surface area contributed by atoms with E-state index in [1.807, 2.05) is 0 Å². The summed E-state index contributed by atoms with van der Waals surface area (Å²) in [7, 11) is 0. The summed E-state index contributed by atoms with van der Waals surface area (Å²) in [6, 6.07) is 0. The third-order valence-electron chi connectivity index (χ3n) is 0. The molecule has 0 saturated carbocycles. The molecule has 0 rings (SSSR count). The predicted molar refractivity (Wildman–Crippen MR) is 7.11 cm³/mol. The average molecular weight is 260 g/mol. The standard InChI is InChI=1S/CHF3.Os/c2-1(3)4;/h1H;. The van der Waals surface area contributed by atoms with Crippen LogP contribution in [0.3, 0.4) is 0 Å². The summed E-state index contributed by atoms with van der Waals surface area (Å²) in [5, 5.41) is 0. The number of hydrogen-bond donors (Lipinski definition) is 0. The van der Waals surface area contributed by atoms with Gasteiger partial charge in [0, 0.05) is 19.8 Å². The zero-order valence-corrected chi connectivity index (χ0v) is 4.61. The van der Waals surface area contributed by atoms with E-state index < -0.39 is 6.68 Å². The Morgan fingerprint density at radius 2 is 1.00 bits per heavy atom. The first-order valence-electron chi connectivity index (χ1n) is 0.655. The minimum Gasteiger partial charge on any atom is -0.174 e. The molecular formula is CHF3Os. The van der Waals surface area contributed by atoms with Crippen LogP contribution >= 0.6 is 0 Å². The molecule has 0 aromatic heterocycles. The van der Waals surface area contributed by atoms with Gasteiger partial charge >= 0.3 is 6.68 Å². The molecular weight excluding hydrogens is 259 g/mol. The molecule has 0 aliphatic heterocycles. The van der Waals surface area contributed by atoms with Crippen LogP contribution < -0.4 is 0 Å². The van der Waals surface area contributed by atoms with Gasteiger partial charge < -0.3 is 0 Å². The summed E-state index contributed by atoms with van der Waals surface area (Å²) < 4.78 is 29.0. The van der Waals surface area contributed by atoms with Crippen LogP contribution in [0.25, 0.3) is 0 Å². The fourth-order valence-electron chi connectivity index (χ4n) is 0. The Balaban J connectivity index is 0. The molecule has 0 fully saturated rings. The van der Waals surface area contributed by atoms with Crippen molar-refractivity contribution in [2.24, 2.45) is 0 Å². The normalized spacial score (nSPS) is 7.20. The second-order valence-electron chi connectivity index (χ2n) is 0.247. The summed E-state index contributed by atoms with van der Waals surface area (Å²) in [5.74, 6) is 0. The topological polar surface area (TPSA) is 0 Å². The van der Waals surface area contributed by atoms with Crippen molar-refractivity contribution in [2.75, 3.05) is 0 Å². The maximum atomic E-state index is 9.67. The molecule has 0 N–H and O–H groups in total. The fourth-order valence-corrected chi connectivity index (χ4v) is 0. The monoisotopic (exact) mass is 262 g/mol. The molecule has 0 aromatic carbocycles. The van der Waals surface area contributed by atoms with Crippen molar-refractivity contribution in [1.29, 1.82) is 0 Å². The molecule has 0 aliphatic rings. The molecule has 5 heavy (non-hydrogen) atoms. The minimum atomic E-state index is -3.67. The molecule has 0 saturated heterocycles. The van der Waals surface area contributed by atoms with Gasteiger partial charge in [-0.25, -0.2) is 0 Å². The molecule has 34 valence electrons. The van der Waals surface area contributed by atoms with Crippen molar-refractivity contribution in [3.63, 3.8) is 0 Å². The molecule has 4 heteroatoms. The Hall–Kier alpha value is 0.426. The van der Waals surface area contributed by atoms with Crippen molar-refractivity contribution in [3.05, 3.63) is 0 Å². The zero-order valence-electron chi connectivity index (χ0n) is 2.06. The largest absolute Gasteiger partial charge is 0.379 e. The molecule has 0 aromatic rings. The van der Waals surface area contributed by atoms with Gasteiger partial charge in [0.25, 0.3) is 0 Å². The van der Waals surface area contributed by atoms with E-state index in [-0.39, 0.29) is 19.8 Å². The van der Waals surface area contributed by atoms with Crippen molar-refractivity contribution < 1.29 is 33.0 Å². The molecule has 0 heterocycles. The maximum absolute atomic E-state index is 9.67. The summed E-state index contributed by atoms with van der Waals surface area (Å²) in [6.07, 6.45) is 0. The predicted octanol–water partition coefficient (Wildman–Crippen LogP) is 1.18. The van der Waals surface area contributed by atoms with Gasteiger partial charge in [0.15, 0.2) is 0 Å². The Bertz CT molecular complexity index is 11.6. The zero-order chi connectivity index (χ0) is 3.58. The van der Waals surface area contributed by atoms with E-state index in [1.54, 1.807) is 0 Å². The molecule has 0 aliphatic carbocycles. The number of rotatable bonds is 0. The molecule has 0 amide bonds. The fraction of sp³-hybridized carbons (Fsp3) is 1.00. The van der Waals surface area contributed by atoms with Crippen LogP contribution in [0.4, 0.5) is 13.2 Å². The first-order valence-corrected chi connectivity index (χ1v) is 0.655. The quantitative estimate of drug-likeness (QED) is 0.613. The number of hydrogen-bond acceptors (Lipinski definition) is 0. The summed E-state index contributed by atoms with van der Waals surface area (Å²) >= 11 is 0. The van der Waals surface area contributed by atoms with E-state index in [4.69, 9.17) is 0 Å². The van der Waals surface area contributed by atoms with Gasteiger partial charge in [0.2, 0.25) is 0 Å². The Morgan fingerprint density at radius 3 is 1.00 bits per heavy atom. The van der Waals surface area contributed by atoms with Gasteiger partial charge in [-0.15, -0.1) is 0 Å². The molecule has 0 unspecified atom stereocenters. The van der Waals surface area contributed by atoms with E-state index in [9.17, 15) is 13.2 Å². The summed E-state index contributed by atoms with van der Waals surface area (Å²) in [6.45, 7) is -3.67. The number of halogens is 3. The van der Waals surface area contributed by atoms with E-state index >= 15 is 0 Å². The molecule has 0 spiro atoms. The van der Waals surface area contributed by atoms with Gasteiger partial charge in [0.05, 0.1) is 0 Å². The third-order valence-corrected chi connectivity index (χ3v) is 0. The Morgan fingerprint density at radius 1 is 1.00 bits per heavy atom. The van der Waals surface area contributed by atoms with Gasteiger partial charge in [-0.1, -0.05) is 0 Å². The molecule has 0 atom stereocenters. The minimum absolute atomic E-state index is 0. The van der Waals surface area contributed by atoms with Gasteiger partial charge in [0.1, 0.15) is 0 Å². The molecule has 0 radical (unpaired) electrons. The van der Waals surface area contributed by atoms with Crippen LogP contribution in [0, 0.1) is 0 Å². The van der Waals surface area contributed by atoms with E-state index in [0.29, 0.717) is 0 Å². The SMILES string of the molecule is FC(F)F.[Os]. The van der Waals surface area contributed by atoms with Crippen LogP contribution in [0.5, 0.6) is 0 Å². The van der Waals surface area contributed by atoms with Crippen molar-refractivity contribution >= 4 is 0 Å². The average Bonchev–Trinajstić information content (AvgIpc) is 0.811. The third kappa shape index (κ3) is 143.